The quantitative estimate of drug-likeness (QED) is 0.859. The molecule has 1 saturated carbocycles. The van der Waals surface area contributed by atoms with Gasteiger partial charge in [0.15, 0.2) is 9.84 Å². The van der Waals surface area contributed by atoms with Crippen molar-refractivity contribution < 1.29 is 26.4 Å². The fourth-order valence-corrected chi connectivity index (χ4v) is 2.88. The van der Waals surface area contributed by atoms with Crippen LogP contribution >= 0.6 is 0 Å². The van der Waals surface area contributed by atoms with Gasteiger partial charge in [0.25, 0.3) is 0 Å². The van der Waals surface area contributed by atoms with E-state index in [0.29, 0.717) is 12.8 Å². The van der Waals surface area contributed by atoms with Gasteiger partial charge in [-0.05, 0) is 19.3 Å². The summed E-state index contributed by atoms with van der Waals surface area (Å²) >= 11 is 0. The molecule has 1 amide bonds. The zero-order valence-corrected chi connectivity index (χ0v) is 11.5. The standard InChI is InChI=1S/C11H18F3NO3S/c1-2-19(17,18)7-10(16)15-9-5-3-4-8(6-9)11(12,13)14/h8-9H,2-7H2,1H3,(H,15,16). The Morgan fingerprint density at radius 2 is 1.95 bits per heavy atom. The van der Waals surface area contributed by atoms with Crippen LogP contribution in [0.4, 0.5) is 13.2 Å². The van der Waals surface area contributed by atoms with Crippen LogP contribution in [0.1, 0.15) is 32.6 Å². The van der Waals surface area contributed by atoms with Gasteiger partial charge in [0, 0.05) is 11.8 Å². The number of sulfone groups is 1. The third kappa shape index (κ3) is 5.38. The maximum absolute atomic E-state index is 12.6. The van der Waals surface area contributed by atoms with E-state index >= 15 is 0 Å². The van der Waals surface area contributed by atoms with E-state index in [1.54, 1.807) is 0 Å². The lowest BCUT2D eigenvalue weighted by Gasteiger charge is -2.30. The summed E-state index contributed by atoms with van der Waals surface area (Å²) in [6.45, 7) is 1.42. The van der Waals surface area contributed by atoms with E-state index in [2.05, 4.69) is 5.32 Å². The number of amides is 1. The van der Waals surface area contributed by atoms with Crippen molar-refractivity contribution >= 4 is 15.7 Å². The zero-order chi connectivity index (χ0) is 14.7. The Morgan fingerprint density at radius 3 is 2.47 bits per heavy atom. The zero-order valence-electron chi connectivity index (χ0n) is 10.7. The molecule has 4 nitrogen and oxygen atoms in total. The van der Waals surface area contributed by atoms with E-state index in [4.69, 9.17) is 0 Å². The van der Waals surface area contributed by atoms with Gasteiger partial charge in [0.2, 0.25) is 5.91 Å². The van der Waals surface area contributed by atoms with Crippen LogP contribution in [0.5, 0.6) is 0 Å². The summed E-state index contributed by atoms with van der Waals surface area (Å²) in [7, 11) is -3.45. The molecule has 2 unspecified atom stereocenters. The predicted molar refractivity (Wildman–Crippen MR) is 64.3 cm³/mol. The number of alkyl halides is 3. The summed E-state index contributed by atoms with van der Waals surface area (Å²) in [6, 6.07) is -0.583. The molecule has 112 valence electrons. The normalized spacial score (nSPS) is 25.1. The minimum Gasteiger partial charge on any atom is -0.352 e. The van der Waals surface area contributed by atoms with Gasteiger partial charge in [-0.25, -0.2) is 8.42 Å². The van der Waals surface area contributed by atoms with Gasteiger partial charge in [0.05, 0.1) is 5.92 Å². The maximum Gasteiger partial charge on any atom is 0.391 e. The van der Waals surface area contributed by atoms with E-state index in [9.17, 15) is 26.4 Å². The molecule has 1 aliphatic carbocycles. The molecule has 1 fully saturated rings. The molecule has 0 aromatic heterocycles. The van der Waals surface area contributed by atoms with Crippen molar-refractivity contribution in [3.63, 3.8) is 0 Å². The van der Waals surface area contributed by atoms with Gasteiger partial charge in [0.1, 0.15) is 5.75 Å². The fraction of sp³-hybridized carbons (Fsp3) is 0.909. The van der Waals surface area contributed by atoms with Gasteiger partial charge in [-0.2, -0.15) is 13.2 Å². The Morgan fingerprint density at radius 1 is 1.32 bits per heavy atom. The molecule has 0 bridgehead atoms. The second-order valence-electron chi connectivity index (χ2n) is 4.85. The number of nitrogens with one attached hydrogen (secondary N) is 1. The average Bonchev–Trinajstić information content (AvgIpc) is 2.27. The molecule has 2 atom stereocenters. The van der Waals surface area contributed by atoms with Crippen LogP contribution in [0.3, 0.4) is 0 Å². The van der Waals surface area contributed by atoms with Crippen molar-refractivity contribution in [3.8, 4) is 0 Å². The molecule has 19 heavy (non-hydrogen) atoms. The molecule has 0 aromatic carbocycles. The topological polar surface area (TPSA) is 63.2 Å². The summed E-state index contributed by atoms with van der Waals surface area (Å²) in [6.07, 6.45) is -3.50. The molecule has 0 heterocycles. The van der Waals surface area contributed by atoms with E-state index in [-0.39, 0.29) is 18.6 Å². The van der Waals surface area contributed by atoms with Gasteiger partial charge < -0.3 is 5.32 Å². The lowest BCUT2D eigenvalue weighted by Crippen LogP contribution is -2.43. The van der Waals surface area contributed by atoms with Crippen LogP contribution in [0.25, 0.3) is 0 Å². The van der Waals surface area contributed by atoms with Crippen LogP contribution in [0.15, 0.2) is 0 Å². The third-order valence-corrected chi connectivity index (χ3v) is 4.87. The molecular weight excluding hydrogens is 283 g/mol. The molecule has 0 aromatic rings. The number of hydrogen-bond donors (Lipinski definition) is 1. The summed E-state index contributed by atoms with van der Waals surface area (Å²) in [5, 5.41) is 2.39. The highest BCUT2D eigenvalue weighted by atomic mass is 32.2. The molecule has 1 N–H and O–H groups in total. The fourth-order valence-electron chi connectivity index (χ4n) is 2.19. The largest absolute Gasteiger partial charge is 0.391 e. The summed E-state index contributed by atoms with van der Waals surface area (Å²) in [4.78, 5) is 11.5. The van der Waals surface area contributed by atoms with Crippen molar-refractivity contribution in [1.82, 2.24) is 5.32 Å². The molecule has 0 saturated heterocycles. The Labute approximate surface area is 110 Å². The third-order valence-electron chi connectivity index (χ3n) is 3.29. The highest BCUT2D eigenvalue weighted by Crippen LogP contribution is 2.37. The van der Waals surface area contributed by atoms with E-state index in [1.165, 1.54) is 6.92 Å². The van der Waals surface area contributed by atoms with E-state index < -0.39 is 39.6 Å². The van der Waals surface area contributed by atoms with Gasteiger partial charge in [-0.3, -0.25) is 4.79 Å². The smallest absolute Gasteiger partial charge is 0.352 e. The van der Waals surface area contributed by atoms with Crippen LogP contribution in [0, 0.1) is 5.92 Å². The molecule has 0 spiro atoms. The van der Waals surface area contributed by atoms with Crippen LogP contribution in [-0.4, -0.2) is 38.0 Å². The predicted octanol–water partition coefficient (Wildman–Crippen LogP) is 1.66. The van der Waals surface area contributed by atoms with Crippen molar-refractivity contribution in [2.45, 2.75) is 44.8 Å². The first-order valence-electron chi connectivity index (χ1n) is 6.20. The first kappa shape index (κ1) is 16.3. The summed E-state index contributed by atoms with van der Waals surface area (Å²) < 4.78 is 60.2. The minimum absolute atomic E-state index is 0.0725. The molecule has 0 aliphatic heterocycles. The van der Waals surface area contributed by atoms with Gasteiger partial charge in [-0.15, -0.1) is 0 Å². The van der Waals surface area contributed by atoms with Crippen LogP contribution in [-0.2, 0) is 14.6 Å². The number of carbonyl (C=O) groups excluding carboxylic acids is 1. The van der Waals surface area contributed by atoms with Crippen LogP contribution < -0.4 is 5.32 Å². The molecule has 8 heteroatoms. The lowest BCUT2D eigenvalue weighted by atomic mass is 9.85. The van der Waals surface area contributed by atoms with Gasteiger partial charge in [-0.1, -0.05) is 13.3 Å². The van der Waals surface area contributed by atoms with Gasteiger partial charge >= 0.3 is 6.18 Å². The second-order valence-corrected chi connectivity index (χ2v) is 7.20. The SMILES string of the molecule is CCS(=O)(=O)CC(=O)NC1CCCC(C(F)(F)F)C1. The summed E-state index contributed by atoms with van der Waals surface area (Å²) in [5.74, 6) is -2.93. The molecule has 1 aliphatic rings. The molecule has 1 rings (SSSR count). The Bertz CT molecular complexity index is 419. The Balaban J connectivity index is 2.51. The molecular formula is C11H18F3NO3S. The highest BCUT2D eigenvalue weighted by Gasteiger charge is 2.42. The minimum atomic E-state index is -4.25. The number of hydrogen-bond acceptors (Lipinski definition) is 3. The Hall–Kier alpha value is -0.790. The number of halogens is 3. The Kier molecular flexibility index (Phi) is 5.23. The average molecular weight is 301 g/mol. The van der Waals surface area contributed by atoms with Crippen molar-refractivity contribution in [1.29, 1.82) is 0 Å². The first-order chi connectivity index (χ1) is 8.64. The number of carbonyl (C=O) groups is 1. The van der Waals surface area contributed by atoms with Crippen molar-refractivity contribution in [2.75, 3.05) is 11.5 Å². The first-order valence-corrected chi connectivity index (χ1v) is 8.02. The van der Waals surface area contributed by atoms with Crippen LogP contribution in [0.2, 0.25) is 0 Å². The van der Waals surface area contributed by atoms with E-state index in [1.807, 2.05) is 0 Å². The van der Waals surface area contributed by atoms with E-state index in [0.717, 1.165) is 0 Å². The lowest BCUT2D eigenvalue weighted by molar-refractivity contribution is -0.184. The second kappa shape index (κ2) is 6.11. The summed E-state index contributed by atoms with van der Waals surface area (Å²) in [5.41, 5.74) is 0. The highest BCUT2D eigenvalue weighted by molar-refractivity contribution is 7.92. The van der Waals surface area contributed by atoms with Crippen molar-refractivity contribution in [2.24, 2.45) is 5.92 Å². The maximum atomic E-state index is 12.6. The molecule has 0 radical (unpaired) electrons. The monoisotopic (exact) mass is 301 g/mol. The van der Waals surface area contributed by atoms with Crippen molar-refractivity contribution in [3.05, 3.63) is 0 Å². The number of rotatable bonds is 4.